The number of carbonyl (C=O) groups is 1. The van der Waals surface area contributed by atoms with Crippen molar-refractivity contribution in [2.75, 3.05) is 21.1 Å². The number of nitrogens with zero attached hydrogens (tertiary/aromatic N) is 16. The van der Waals surface area contributed by atoms with E-state index in [0.717, 1.165) is 91.9 Å². The smallest absolute Gasteiger partial charge is 0.216 e. The molecule has 95 heavy (non-hydrogen) atoms. The van der Waals surface area contributed by atoms with Crippen molar-refractivity contribution >= 4 is 57.7 Å². The third-order valence-corrected chi connectivity index (χ3v) is 15.0. The number of aromatic nitrogens is 15. The van der Waals surface area contributed by atoms with Crippen LogP contribution in [0.1, 0.15) is 23.6 Å². The monoisotopic (exact) mass is 1320 g/mol. The van der Waals surface area contributed by atoms with E-state index in [-0.39, 0.29) is 5.91 Å². The highest BCUT2D eigenvalue weighted by molar-refractivity contribution is 6.31. The number of carbonyl (C=O) groups excluding carboxylic acids is 1. The van der Waals surface area contributed by atoms with E-state index in [1.807, 2.05) is 246 Å². The number of halogens is 3. The second kappa shape index (κ2) is 32.2. The van der Waals surface area contributed by atoms with Crippen LogP contribution in [0.4, 0.5) is 0 Å². The van der Waals surface area contributed by atoms with Gasteiger partial charge in [-0.25, -0.2) is 29.0 Å². The summed E-state index contributed by atoms with van der Waals surface area (Å²) in [5.74, 6) is 0.00463. The first kappa shape index (κ1) is 66.4. The summed E-state index contributed by atoms with van der Waals surface area (Å²) in [5, 5.41) is 39.6. The maximum Gasteiger partial charge on any atom is 0.216 e. The second-order valence-electron chi connectivity index (χ2n) is 20.8. The van der Waals surface area contributed by atoms with Gasteiger partial charge in [0.05, 0.1) is 55.3 Å². The molecule has 24 heteroatoms. The highest BCUT2D eigenvalue weighted by Crippen LogP contribution is 2.35. The molecule has 0 saturated heterocycles. The fourth-order valence-corrected chi connectivity index (χ4v) is 10.3. The van der Waals surface area contributed by atoms with Gasteiger partial charge in [0.2, 0.25) is 5.91 Å². The van der Waals surface area contributed by atoms with Crippen molar-refractivity contribution in [1.29, 1.82) is 0 Å². The summed E-state index contributed by atoms with van der Waals surface area (Å²) in [6.07, 6.45) is 11.9. The Balaban J connectivity index is 0.000000144. The number of pyridine rings is 3. The quantitative estimate of drug-likeness (QED) is 0.0855. The molecule has 0 spiro atoms. The highest BCUT2D eigenvalue weighted by Gasteiger charge is 2.22. The molecule has 15 aromatic rings. The molecule has 9 heterocycles. The van der Waals surface area contributed by atoms with Gasteiger partial charge in [-0.05, 0) is 96.5 Å². The van der Waals surface area contributed by atoms with Gasteiger partial charge < -0.3 is 11.1 Å². The summed E-state index contributed by atoms with van der Waals surface area (Å²) < 4.78 is 11.7. The van der Waals surface area contributed by atoms with Crippen LogP contribution in [-0.2, 0) is 24.4 Å². The van der Waals surface area contributed by atoms with Gasteiger partial charge in [0.1, 0.15) is 51.1 Å². The molecule has 6 aromatic carbocycles. The summed E-state index contributed by atoms with van der Waals surface area (Å²) in [7, 11) is 3.99. The van der Waals surface area contributed by atoms with E-state index in [4.69, 9.17) is 59.9 Å². The number of fused-ring (bicyclic) bond motifs is 3. The maximum absolute atomic E-state index is 9.70. The number of imidazole rings is 3. The number of hydrogen-bond acceptors (Lipinski definition) is 13. The molecular weight excluding hydrogens is 1260 g/mol. The molecule has 0 bridgehead atoms. The molecule has 0 aliphatic heterocycles. The van der Waals surface area contributed by atoms with E-state index in [0.29, 0.717) is 34.7 Å². The minimum Gasteiger partial charge on any atom is -0.359 e. The van der Waals surface area contributed by atoms with Gasteiger partial charge >= 0.3 is 0 Å². The van der Waals surface area contributed by atoms with Gasteiger partial charge in [0.15, 0.2) is 7.05 Å². The van der Waals surface area contributed by atoms with Crippen molar-refractivity contribution < 1.29 is 9.72 Å². The van der Waals surface area contributed by atoms with E-state index in [1.54, 1.807) is 7.05 Å². The molecular formula is C71H63Cl3N18O3. The number of nitrogens with two attached hydrogens (primary N) is 1. The zero-order valence-electron chi connectivity index (χ0n) is 52.0. The average molecular weight is 1320 g/mol. The minimum absolute atomic E-state index is 0.00463. The van der Waals surface area contributed by atoms with Gasteiger partial charge in [-0.1, -0.05) is 196 Å². The van der Waals surface area contributed by atoms with Crippen LogP contribution in [0.5, 0.6) is 0 Å². The van der Waals surface area contributed by atoms with Crippen LogP contribution in [0.15, 0.2) is 256 Å². The zero-order valence-corrected chi connectivity index (χ0v) is 54.2. The van der Waals surface area contributed by atoms with Crippen LogP contribution in [0.25, 0.3) is 84.9 Å². The van der Waals surface area contributed by atoms with E-state index in [9.17, 15) is 4.79 Å². The van der Waals surface area contributed by atoms with E-state index >= 15 is 0 Å². The van der Waals surface area contributed by atoms with Crippen molar-refractivity contribution in [3.05, 3.63) is 297 Å². The molecule has 0 aliphatic carbocycles. The molecule has 0 fully saturated rings. The SMILES string of the molecule is CN.CNC(C)=O.C[N+](=O)[O-].Clc1ccc(-c2nc3ccccn3c2-c2cn(Cc3ccccc3)nn2)cc1.Clc1ccc(-c2nc3ccccn3c2-c2cn(Cc3ccccc3)nn2)cc1.Clc1ccc(-c2nc3ccccn3c2-c2cn(Cc3ccccc3)nn2)cc1. The first-order valence-electron chi connectivity index (χ1n) is 29.7. The maximum atomic E-state index is 9.70. The van der Waals surface area contributed by atoms with Crippen LogP contribution < -0.4 is 11.1 Å². The normalized spacial score (nSPS) is 10.6. The highest BCUT2D eigenvalue weighted by atomic mass is 35.5. The third kappa shape index (κ3) is 17.2. The predicted molar refractivity (Wildman–Crippen MR) is 373 cm³/mol. The Morgan fingerprint density at radius 3 is 0.916 bits per heavy atom. The molecule has 0 saturated carbocycles. The molecule has 476 valence electrons. The molecule has 15 rings (SSSR count). The first-order valence-corrected chi connectivity index (χ1v) is 30.8. The van der Waals surface area contributed by atoms with Gasteiger partial charge in [0.25, 0.3) is 0 Å². The summed E-state index contributed by atoms with van der Waals surface area (Å²) in [6.45, 7) is 3.47. The van der Waals surface area contributed by atoms with E-state index < -0.39 is 4.92 Å². The van der Waals surface area contributed by atoms with E-state index in [1.165, 1.54) is 30.7 Å². The lowest BCUT2D eigenvalue weighted by Crippen LogP contribution is -2.11. The lowest BCUT2D eigenvalue weighted by molar-refractivity contribution is -0.445. The summed E-state index contributed by atoms with van der Waals surface area (Å²) in [4.78, 5) is 32.5. The number of amides is 1. The van der Waals surface area contributed by atoms with Crippen molar-refractivity contribution in [3.63, 3.8) is 0 Å². The Kier molecular flexibility index (Phi) is 22.5. The Bertz CT molecular complexity index is 4460. The lowest BCUT2D eigenvalue weighted by atomic mass is 10.1. The van der Waals surface area contributed by atoms with Crippen molar-refractivity contribution in [1.82, 2.24) is 78.5 Å². The third-order valence-electron chi connectivity index (χ3n) is 14.2. The van der Waals surface area contributed by atoms with E-state index in [2.05, 4.69) is 78.4 Å². The molecule has 0 unspecified atom stereocenters. The first-order chi connectivity index (χ1) is 46.3. The predicted octanol–water partition coefficient (Wildman–Crippen LogP) is 14.1. The number of nitrogens with one attached hydrogen (secondary N) is 1. The van der Waals surface area contributed by atoms with Crippen LogP contribution in [0.3, 0.4) is 0 Å². The number of hydrogen-bond donors (Lipinski definition) is 2. The largest absolute Gasteiger partial charge is 0.359 e. The topological polar surface area (TPSA) is 242 Å². The van der Waals surface area contributed by atoms with Crippen molar-refractivity contribution in [2.45, 2.75) is 26.6 Å². The zero-order chi connectivity index (χ0) is 66.6. The molecule has 0 atom stereocenters. The second-order valence-corrected chi connectivity index (χ2v) is 22.2. The van der Waals surface area contributed by atoms with Gasteiger partial charge in [0, 0.05) is 69.2 Å². The van der Waals surface area contributed by atoms with Gasteiger partial charge in [-0.2, -0.15) is 0 Å². The minimum atomic E-state index is -0.500. The fourth-order valence-electron chi connectivity index (χ4n) is 9.91. The Hall–Kier alpha value is -11.5. The van der Waals surface area contributed by atoms with Gasteiger partial charge in [-0.3, -0.25) is 28.1 Å². The van der Waals surface area contributed by atoms with Crippen LogP contribution in [0.2, 0.25) is 15.1 Å². The molecule has 3 N–H and O–H groups in total. The summed E-state index contributed by atoms with van der Waals surface area (Å²) in [6, 6.07) is 71.5. The van der Waals surface area contributed by atoms with Crippen LogP contribution in [0, 0.1) is 10.1 Å². The standard InChI is InChI=1S/3C22H16ClN5.C3H7NO.CH3NO2.CH5N/c3*23-18-11-9-17(10-12-18)21-22(28-13-5-4-8-20(28)24-21)19-15-27(26-25-19)14-16-6-2-1-3-7-16;1-3(5)4-2;1-2(3)4;1-2/h3*1-13,15H,14H2;1-2H3,(H,4,5);1H3;2H2,1H3. The van der Waals surface area contributed by atoms with Gasteiger partial charge in [-0.15, -0.1) is 15.3 Å². The molecule has 21 nitrogen and oxygen atoms in total. The summed E-state index contributed by atoms with van der Waals surface area (Å²) >= 11 is 18.2. The van der Waals surface area contributed by atoms with Crippen molar-refractivity contribution in [2.24, 2.45) is 5.73 Å². The number of nitro groups is 1. The van der Waals surface area contributed by atoms with Crippen LogP contribution in [-0.4, -0.2) is 105 Å². The fraction of sp³-hybridized carbons (Fsp3) is 0.0986. The molecule has 1 amide bonds. The molecule has 0 aliphatic rings. The Labute approximate surface area is 561 Å². The summed E-state index contributed by atoms with van der Waals surface area (Å²) in [5.41, 5.74) is 21.2. The van der Waals surface area contributed by atoms with Crippen LogP contribution >= 0.6 is 34.8 Å². The van der Waals surface area contributed by atoms with Crippen molar-refractivity contribution in [3.8, 4) is 67.9 Å². The molecule has 9 aromatic heterocycles. The number of rotatable bonds is 12. The lowest BCUT2D eigenvalue weighted by Gasteiger charge is -2.03. The number of benzene rings is 6. The Morgan fingerprint density at radius 2 is 0.674 bits per heavy atom. The molecule has 0 radical (unpaired) electrons. The Morgan fingerprint density at radius 1 is 0.432 bits per heavy atom. The average Bonchev–Trinajstić information content (AvgIpc) is 1.64.